The lowest BCUT2D eigenvalue weighted by atomic mass is 9.49. The lowest BCUT2D eigenvalue weighted by Crippen LogP contribution is -2.74. The second-order valence-electron chi connectivity index (χ2n) is 11.7. The third-order valence-corrected chi connectivity index (χ3v) is 9.52. The van der Waals surface area contributed by atoms with E-state index in [1.54, 1.807) is 0 Å². The van der Waals surface area contributed by atoms with Crippen molar-refractivity contribution < 1.29 is 19.0 Å². The number of fused-ring (bicyclic) bond motifs is 1. The first-order valence-corrected chi connectivity index (χ1v) is 14.4. The van der Waals surface area contributed by atoms with Crippen LogP contribution in [0.15, 0.2) is 42.5 Å². The van der Waals surface area contributed by atoms with E-state index in [9.17, 15) is 4.79 Å². The van der Waals surface area contributed by atoms with Gasteiger partial charge in [0.1, 0.15) is 12.4 Å². The monoisotopic (exact) mass is 503 g/mol. The number of Topliss-reactive ketones (excluding diaryl/α,β-unsaturated/α-hetero) is 1. The maximum Gasteiger partial charge on any atom is 0.165 e. The lowest BCUT2D eigenvalue weighted by Gasteiger charge is -2.65. The van der Waals surface area contributed by atoms with Gasteiger partial charge in [-0.25, -0.2) is 0 Å². The fourth-order valence-electron chi connectivity index (χ4n) is 7.53. The van der Waals surface area contributed by atoms with Crippen molar-refractivity contribution in [1.82, 2.24) is 4.90 Å². The maximum atomic E-state index is 13.2. The van der Waals surface area contributed by atoms with Crippen molar-refractivity contribution in [1.29, 1.82) is 0 Å². The van der Waals surface area contributed by atoms with Gasteiger partial charge in [-0.2, -0.15) is 0 Å². The Kier molecular flexibility index (Phi) is 6.79. The first kappa shape index (κ1) is 24.9. The van der Waals surface area contributed by atoms with Crippen molar-refractivity contribution in [2.75, 3.05) is 26.8 Å². The third-order valence-electron chi connectivity index (χ3n) is 9.52. The van der Waals surface area contributed by atoms with Gasteiger partial charge in [0.2, 0.25) is 0 Å². The molecular weight excluding hydrogens is 462 g/mol. The molecule has 1 saturated heterocycles. The minimum absolute atomic E-state index is 0.298. The van der Waals surface area contributed by atoms with Crippen LogP contribution >= 0.6 is 0 Å². The predicted octanol–water partition coefficient (Wildman–Crippen LogP) is 5.86. The summed E-state index contributed by atoms with van der Waals surface area (Å²) < 4.78 is 19.7. The molecule has 2 aromatic carbocycles. The van der Waals surface area contributed by atoms with Crippen LogP contribution in [0.4, 0.5) is 0 Å². The van der Waals surface area contributed by atoms with Gasteiger partial charge in [-0.05, 0) is 68.2 Å². The summed E-state index contributed by atoms with van der Waals surface area (Å²) in [5, 5.41) is 0. The summed E-state index contributed by atoms with van der Waals surface area (Å²) in [5.74, 6) is 2.82. The first-order valence-electron chi connectivity index (χ1n) is 14.4. The van der Waals surface area contributed by atoms with E-state index in [0.29, 0.717) is 37.9 Å². The lowest BCUT2D eigenvalue weighted by molar-refractivity contribution is -0.188. The number of unbranched alkanes of at least 4 members (excludes halogenated alkanes) is 1. The van der Waals surface area contributed by atoms with Crippen LogP contribution in [0.5, 0.6) is 11.5 Å². The van der Waals surface area contributed by atoms with Gasteiger partial charge in [-0.3, -0.25) is 9.69 Å². The van der Waals surface area contributed by atoms with E-state index < -0.39 is 0 Å². The molecule has 3 atom stereocenters. The zero-order chi connectivity index (χ0) is 25.5. The molecule has 0 unspecified atom stereocenters. The Morgan fingerprint density at radius 1 is 1.05 bits per heavy atom. The Morgan fingerprint density at radius 2 is 1.89 bits per heavy atom. The van der Waals surface area contributed by atoms with Crippen LogP contribution in [0.2, 0.25) is 0 Å². The summed E-state index contributed by atoms with van der Waals surface area (Å²) >= 11 is 0. The Bertz CT molecular complexity index is 1130. The highest BCUT2D eigenvalue weighted by Crippen LogP contribution is 2.62. The molecule has 0 spiro atoms. The normalized spacial score (nSPS) is 28.9. The molecule has 0 N–H and O–H groups in total. The summed E-state index contributed by atoms with van der Waals surface area (Å²) in [4.78, 5) is 15.9. The number of methoxy groups -OCH3 is 1. The average molecular weight is 504 g/mol. The summed E-state index contributed by atoms with van der Waals surface area (Å²) in [7, 11) is 1.89. The van der Waals surface area contributed by atoms with Crippen LogP contribution in [0.25, 0.3) is 0 Å². The van der Waals surface area contributed by atoms with Gasteiger partial charge in [0.05, 0.1) is 12.2 Å². The van der Waals surface area contributed by atoms with Crippen LogP contribution < -0.4 is 9.47 Å². The minimum atomic E-state index is -0.373. The quantitative estimate of drug-likeness (QED) is 0.380. The number of carbonyl (C=O) groups excluding carboxylic acids is 1. The van der Waals surface area contributed by atoms with Crippen molar-refractivity contribution >= 4 is 5.78 Å². The number of nitrogens with zero attached hydrogens (tertiary/aromatic N) is 1. The zero-order valence-corrected chi connectivity index (χ0v) is 22.5. The van der Waals surface area contributed by atoms with Crippen molar-refractivity contribution in [3.8, 4) is 11.5 Å². The highest BCUT2D eigenvalue weighted by Gasteiger charge is 2.67. The van der Waals surface area contributed by atoms with E-state index in [1.165, 1.54) is 24.0 Å². The molecule has 1 heterocycles. The number of rotatable bonds is 10. The van der Waals surface area contributed by atoms with Gasteiger partial charge < -0.3 is 14.2 Å². The number of benzene rings is 2. The number of ether oxygens (including phenoxy) is 3. The second kappa shape index (κ2) is 10.1. The highest BCUT2D eigenvalue weighted by atomic mass is 16.5. The van der Waals surface area contributed by atoms with Crippen molar-refractivity contribution in [2.24, 2.45) is 5.92 Å². The van der Waals surface area contributed by atoms with E-state index in [0.717, 1.165) is 68.2 Å². The summed E-state index contributed by atoms with van der Waals surface area (Å²) in [6.07, 6.45) is 8.55. The molecule has 198 valence electrons. The molecule has 3 fully saturated rings. The standard InChI is InChI=1S/C32H41NO4/c1-3-4-18-36-30-27(37-22-24-8-6-5-7-9-24)13-12-25-19-28-32(35-2)15-14-26(34)20-31(32,29(25)30)16-17-33(28)21-23-10-11-23/h5-9,12-13,23,28H,3-4,10-11,14-22H2,1-2H3/t28-,31-,32+/m0/s1. The SMILES string of the molecule is CCCCOc1c(OCc2ccccc2)ccc2c1[C@@]13CCN(CC4CC4)[C@@H](C2)[C@]1(OC)CCC(=O)C3. The molecule has 2 saturated carbocycles. The van der Waals surface area contributed by atoms with E-state index in [2.05, 4.69) is 36.1 Å². The number of ketones is 1. The van der Waals surface area contributed by atoms with Gasteiger partial charge in [-0.1, -0.05) is 49.7 Å². The number of hydrogen-bond acceptors (Lipinski definition) is 5. The molecule has 0 amide bonds. The number of likely N-dealkylation sites (tertiary alicyclic amines) is 1. The third kappa shape index (κ3) is 4.28. The molecule has 2 aromatic rings. The molecule has 0 aromatic heterocycles. The van der Waals surface area contributed by atoms with Crippen LogP contribution in [0, 0.1) is 5.92 Å². The Hall–Kier alpha value is -2.37. The van der Waals surface area contributed by atoms with E-state index >= 15 is 0 Å². The van der Waals surface area contributed by atoms with Gasteiger partial charge in [-0.15, -0.1) is 0 Å². The number of carbonyl (C=O) groups is 1. The van der Waals surface area contributed by atoms with Gasteiger partial charge in [0, 0.05) is 43.5 Å². The number of hydrogen-bond donors (Lipinski definition) is 0. The minimum Gasteiger partial charge on any atom is -0.489 e. The second-order valence-corrected chi connectivity index (χ2v) is 11.7. The average Bonchev–Trinajstić information content (AvgIpc) is 3.74. The largest absolute Gasteiger partial charge is 0.489 e. The van der Waals surface area contributed by atoms with Gasteiger partial charge >= 0.3 is 0 Å². The van der Waals surface area contributed by atoms with Crippen molar-refractivity contribution in [2.45, 2.75) is 88.4 Å². The molecule has 4 aliphatic rings. The topological polar surface area (TPSA) is 48.0 Å². The Balaban J connectivity index is 1.45. The first-order chi connectivity index (χ1) is 18.1. The fraction of sp³-hybridized carbons (Fsp3) is 0.594. The van der Waals surface area contributed by atoms with Crippen LogP contribution in [0.1, 0.15) is 75.0 Å². The molecule has 5 nitrogen and oxygen atoms in total. The number of piperidine rings is 1. The van der Waals surface area contributed by atoms with E-state index in [4.69, 9.17) is 14.2 Å². The smallest absolute Gasteiger partial charge is 0.165 e. The molecule has 0 radical (unpaired) electrons. The molecule has 37 heavy (non-hydrogen) atoms. The molecule has 5 heteroatoms. The molecule has 1 aliphatic heterocycles. The summed E-state index contributed by atoms with van der Waals surface area (Å²) in [6, 6.07) is 14.9. The molecule has 6 rings (SSSR count). The van der Waals surface area contributed by atoms with Crippen LogP contribution in [-0.2, 0) is 28.0 Å². The summed E-state index contributed by atoms with van der Waals surface area (Å²) in [6.45, 7) is 5.50. The van der Waals surface area contributed by atoms with E-state index in [-0.39, 0.29) is 11.0 Å². The van der Waals surface area contributed by atoms with E-state index in [1.807, 2.05) is 25.3 Å². The van der Waals surface area contributed by atoms with Crippen molar-refractivity contribution in [3.05, 3.63) is 59.2 Å². The predicted molar refractivity (Wildman–Crippen MR) is 144 cm³/mol. The summed E-state index contributed by atoms with van der Waals surface area (Å²) in [5.41, 5.74) is 2.90. The van der Waals surface area contributed by atoms with Gasteiger partial charge in [0.25, 0.3) is 0 Å². The zero-order valence-electron chi connectivity index (χ0n) is 22.5. The van der Waals surface area contributed by atoms with Crippen molar-refractivity contribution in [3.63, 3.8) is 0 Å². The van der Waals surface area contributed by atoms with Crippen LogP contribution in [-0.4, -0.2) is 49.1 Å². The maximum absolute atomic E-state index is 13.2. The molecule has 2 bridgehead atoms. The molecule has 3 aliphatic carbocycles. The fourth-order valence-corrected chi connectivity index (χ4v) is 7.53. The Labute approximate surface area is 221 Å². The highest BCUT2D eigenvalue weighted by molar-refractivity contribution is 5.83. The van der Waals surface area contributed by atoms with Gasteiger partial charge in [0.15, 0.2) is 11.5 Å². The van der Waals surface area contributed by atoms with Crippen LogP contribution in [0.3, 0.4) is 0 Å². The Morgan fingerprint density at radius 3 is 2.65 bits per heavy atom. The molecular formula is C32H41NO4.